The number of rotatable bonds is 5. The molecule has 23 heavy (non-hydrogen) atoms. The van der Waals surface area contributed by atoms with Crippen molar-refractivity contribution < 1.29 is 24.1 Å². The Morgan fingerprint density at radius 3 is 2.61 bits per heavy atom. The monoisotopic (exact) mass is 319 g/mol. The van der Waals surface area contributed by atoms with Crippen LogP contribution in [0.5, 0.6) is 17.2 Å². The van der Waals surface area contributed by atoms with Crippen molar-refractivity contribution in [1.29, 1.82) is 0 Å². The number of phenols is 1. The van der Waals surface area contributed by atoms with Gasteiger partial charge < -0.3 is 24.3 Å². The highest BCUT2D eigenvalue weighted by Gasteiger charge is 2.22. The van der Waals surface area contributed by atoms with Gasteiger partial charge in [-0.1, -0.05) is 6.07 Å². The van der Waals surface area contributed by atoms with Crippen LogP contribution in [0.2, 0.25) is 0 Å². The lowest BCUT2D eigenvalue weighted by atomic mass is 10.0. The average molecular weight is 319 g/mol. The number of aromatic amines is 1. The molecule has 0 saturated carbocycles. The molecule has 2 rings (SSSR count). The van der Waals surface area contributed by atoms with Crippen LogP contribution in [0, 0.1) is 0 Å². The summed E-state index contributed by atoms with van der Waals surface area (Å²) in [7, 11) is 2.78. The van der Waals surface area contributed by atoms with Crippen LogP contribution in [0.4, 0.5) is 0 Å². The molecule has 2 aromatic rings. The lowest BCUT2D eigenvalue weighted by Gasteiger charge is -2.13. The topological polar surface area (TPSA) is 97.8 Å². The molecule has 2 N–H and O–H groups in total. The Balaban J connectivity index is 2.66. The van der Waals surface area contributed by atoms with Crippen molar-refractivity contribution in [3.8, 4) is 28.4 Å². The summed E-state index contributed by atoms with van der Waals surface area (Å²) in [6, 6.07) is 4.63. The van der Waals surface area contributed by atoms with Gasteiger partial charge in [-0.15, -0.1) is 0 Å². The van der Waals surface area contributed by atoms with Gasteiger partial charge in [0.05, 0.1) is 20.8 Å². The van der Waals surface area contributed by atoms with Gasteiger partial charge in [0.1, 0.15) is 5.75 Å². The van der Waals surface area contributed by atoms with Gasteiger partial charge in [-0.3, -0.25) is 4.79 Å². The smallest absolute Gasteiger partial charge is 0.347 e. The number of pyridine rings is 1. The maximum atomic E-state index is 12.0. The summed E-state index contributed by atoms with van der Waals surface area (Å²) in [6.07, 6.45) is 1.43. The summed E-state index contributed by atoms with van der Waals surface area (Å²) in [6.45, 7) is 1.78. The molecule has 1 aromatic heterocycles. The fourth-order valence-corrected chi connectivity index (χ4v) is 2.17. The standard InChI is InChI=1S/C16H17NO6/c1-4-23-16(20)13-14(22-3)10(8-17-15(13)19)9-5-6-11(18)12(7-9)21-2/h5-8,18H,4H2,1-3H3,(H,17,19). The number of esters is 1. The molecule has 0 aliphatic heterocycles. The second kappa shape index (κ2) is 6.87. The minimum atomic E-state index is -0.766. The molecule has 122 valence electrons. The van der Waals surface area contributed by atoms with Crippen LogP contribution in [0.3, 0.4) is 0 Å². The van der Waals surface area contributed by atoms with E-state index in [9.17, 15) is 14.7 Å². The number of benzene rings is 1. The largest absolute Gasteiger partial charge is 0.504 e. The molecule has 1 aromatic carbocycles. The molecular formula is C16H17NO6. The maximum Gasteiger partial charge on any atom is 0.347 e. The Hall–Kier alpha value is -2.96. The summed E-state index contributed by atoms with van der Waals surface area (Å²) in [5, 5.41) is 9.68. The Labute approximate surface area is 132 Å². The van der Waals surface area contributed by atoms with Crippen LogP contribution in [0.1, 0.15) is 17.3 Å². The van der Waals surface area contributed by atoms with Crippen molar-refractivity contribution in [2.75, 3.05) is 20.8 Å². The number of carbonyl (C=O) groups excluding carboxylic acids is 1. The molecule has 0 aliphatic rings. The minimum absolute atomic E-state index is 0.0229. The second-order valence-electron chi connectivity index (χ2n) is 4.55. The Morgan fingerprint density at radius 1 is 1.26 bits per heavy atom. The summed E-state index contributed by atoms with van der Waals surface area (Å²) in [5.74, 6) is -0.433. The van der Waals surface area contributed by atoms with Crippen molar-refractivity contribution in [2.24, 2.45) is 0 Å². The van der Waals surface area contributed by atoms with Crippen LogP contribution in [-0.2, 0) is 4.74 Å². The number of H-pyrrole nitrogens is 1. The van der Waals surface area contributed by atoms with Gasteiger partial charge in [0.2, 0.25) is 0 Å². The number of methoxy groups -OCH3 is 2. The zero-order chi connectivity index (χ0) is 17.0. The summed E-state index contributed by atoms with van der Waals surface area (Å²) in [4.78, 5) is 26.5. The first-order valence-corrected chi connectivity index (χ1v) is 6.87. The molecular weight excluding hydrogens is 302 g/mol. The van der Waals surface area contributed by atoms with Gasteiger partial charge in [0.15, 0.2) is 17.1 Å². The van der Waals surface area contributed by atoms with E-state index in [1.807, 2.05) is 0 Å². The number of ether oxygens (including phenoxy) is 3. The molecule has 0 aliphatic carbocycles. The van der Waals surface area contributed by atoms with Crippen LogP contribution in [0.25, 0.3) is 11.1 Å². The Bertz CT molecular complexity index is 781. The number of hydrogen-bond acceptors (Lipinski definition) is 6. The number of nitrogens with one attached hydrogen (secondary N) is 1. The molecule has 1 heterocycles. The normalized spacial score (nSPS) is 10.2. The first kappa shape index (κ1) is 16.4. The molecule has 0 unspecified atom stereocenters. The van der Waals surface area contributed by atoms with Gasteiger partial charge >= 0.3 is 5.97 Å². The molecule has 0 atom stereocenters. The van der Waals surface area contributed by atoms with Crippen molar-refractivity contribution in [3.05, 3.63) is 40.3 Å². The first-order chi connectivity index (χ1) is 11.0. The SMILES string of the molecule is CCOC(=O)c1c(OC)c(-c2ccc(O)c(OC)c2)c[nH]c1=O. The highest BCUT2D eigenvalue weighted by Crippen LogP contribution is 2.36. The minimum Gasteiger partial charge on any atom is -0.504 e. The zero-order valence-corrected chi connectivity index (χ0v) is 13.0. The zero-order valence-electron chi connectivity index (χ0n) is 13.0. The fourth-order valence-electron chi connectivity index (χ4n) is 2.17. The van der Waals surface area contributed by atoms with Crippen LogP contribution in [0.15, 0.2) is 29.2 Å². The number of aromatic hydroxyl groups is 1. The average Bonchev–Trinajstić information content (AvgIpc) is 2.55. The van der Waals surface area contributed by atoms with E-state index in [4.69, 9.17) is 14.2 Å². The predicted molar refractivity (Wildman–Crippen MR) is 83.2 cm³/mol. The number of phenolic OH excluding ortho intramolecular Hbond substituents is 1. The van der Waals surface area contributed by atoms with Crippen molar-refractivity contribution in [1.82, 2.24) is 4.98 Å². The van der Waals surface area contributed by atoms with Crippen LogP contribution >= 0.6 is 0 Å². The quantitative estimate of drug-likeness (QED) is 0.817. The fraction of sp³-hybridized carbons (Fsp3) is 0.250. The van der Waals surface area contributed by atoms with E-state index in [-0.39, 0.29) is 29.4 Å². The van der Waals surface area contributed by atoms with Gasteiger partial charge in [0, 0.05) is 11.8 Å². The van der Waals surface area contributed by atoms with E-state index in [1.165, 1.54) is 26.5 Å². The molecule has 0 radical (unpaired) electrons. The number of hydrogen-bond donors (Lipinski definition) is 2. The van der Waals surface area contributed by atoms with E-state index in [2.05, 4.69) is 4.98 Å². The summed E-state index contributed by atoms with van der Waals surface area (Å²) < 4.78 is 15.2. The third kappa shape index (κ3) is 3.13. The molecule has 0 spiro atoms. The predicted octanol–water partition coefficient (Wildman–Crippen LogP) is 1.94. The van der Waals surface area contributed by atoms with Crippen molar-refractivity contribution >= 4 is 5.97 Å². The first-order valence-electron chi connectivity index (χ1n) is 6.87. The summed E-state index contributed by atoms with van der Waals surface area (Å²) >= 11 is 0. The van der Waals surface area contributed by atoms with E-state index in [0.29, 0.717) is 11.1 Å². The van der Waals surface area contributed by atoms with E-state index >= 15 is 0 Å². The Morgan fingerprint density at radius 2 is 2.00 bits per heavy atom. The second-order valence-corrected chi connectivity index (χ2v) is 4.55. The Kier molecular flexibility index (Phi) is 4.90. The maximum absolute atomic E-state index is 12.0. The summed E-state index contributed by atoms with van der Waals surface area (Å²) in [5.41, 5.74) is 0.250. The van der Waals surface area contributed by atoms with Crippen LogP contribution < -0.4 is 15.0 Å². The lowest BCUT2D eigenvalue weighted by Crippen LogP contribution is -2.21. The van der Waals surface area contributed by atoms with Gasteiger partial charge in [-0.2, -0.15) is 0 Å². The number of carbonyl (C=O) groups is 1. The van der Waals surface area contributed by atoms with Crippen molar-refractivity contribution in [3.63, 3.8) is 0 Å². The molecule has 7 heteroatoms. The van der Waals surface area contributed by atoms with E-state index < -0.39 is 11.5 Å². The van der Waals surface area contributed by atoms with E-state index in [1.54, 1.807) is 19.1 Å². The third-order valence-corrected chi connectivity index (χ3v) is 3.22. The number of aromatic nitrogens is 1. The molecule has 0 saturated heterocycles. The van der Waals surface area contributed by atoms with Gasteiger partial charge in [-0.25, -0.2) is 4.79 Å². The molecule has 7 nitrogen and oxygen atoms in total. The van der Waals surface area contributed by atoms with E-state index in [0.717, 1.165) is 0 Å². The third-order valence-electron chi connectivity index (χ3n) is 3.22. The lowest BCUT2D eigenvalue weighted by molar-refractivity contribution is 0.0520. The van der Waals surface area contributed by atoms with Crippen molar-refractivity contribution in [2.45, 2.75) is 6.92 Å². The highest BCUT2D eigenvalue weighted by atomic mass is 16.5. The molecule has 0 fully saturated rings. The molecule has 0 bridgehead atoms. The van der Waals surface area contributed by atoms with Gasteiger partial charge in [-0.05, 0) is 24.6 Å². The highest BCUT2D eigenvalue weighted by molar-refractivity contribution is 5.95. The molecule has 0 amide bonds. The van der Waals surface area contributed by atoms with Gasteiger partial charge in [0.25, 0.3) is 5.56 Å². The van der Waals surface area contributed by atoms with Crippen LogP contribution in [-0.4, -0.2) is 36.9 Å².